The van der Waals surface area contributed by atoms with Gasteiger partial charge < -0.3 is 31.9 Å². The van der Waals surface area contributed by atoms with Crippen LogP contribution in [0.15, 0.2) is 54.6 Å². The van der Waals surface area contributed by atoms with Crippen molar-refractivity contribution < 1.29 is 14.4 Å². The van der Waals surface area contributed by atoms with Crippen molar-refractivity contribution in [2.75, 3.05) is 34.3 Å². The molecule has 3 aromatic rings. The van der Waals surface area contributed by atoms with Crippen LogP contribution in [0.2, 0.25) is 0 Å². The highest BCUT2D eigenvalue weighted by Crippen LogP contribution is 2.31. The first-order valence-electron chi connectivity index (χ1n) is 17.8. The molecule has 0 saturated heterocycles. The van der Waals surface area contributed by atoms with Crippen LogP contribution >= 0.6 is 0 Å². The van der Waals surface area contributed by atoms with Gasteiger partial charge in [-0.15, -0.1) is 0 Å². The first-order valence-corrected chi connectivity index (χ1v) is 17.8. The van der Waals surface area contributed by atoms with Crippen LogP contribution in [0.3, 0.4) is 0 Å². The number of unbranched alkanes of at least 4 members (excludes halogenated alkanes) is 6. The maximum Gasteiger partial charge on any atom is 0.258 e. The van der Waals surface area contributed by atoms with E-state index < -0.39 is 17.7 Å². The van der Waals surface area contributed by atoms with Crippen molar-refractivity contribution in [3.8, 4) is 0 Å². The second-order valence-electron chi connectivity index (χ2n) is 13.0. The quantitative estimate of drug-likeness (QED) is 0.0605. The minimum absolute atomic E-state index is 0.206. The number of nitrogen functional groups attached to an aromatic ring is 3. The van der Waals surface area contributed by atoms with Crippen molar-refractivity contribution in [3.63, 3.8) is 0 Å². The van der Waals surface area contributed by atoms with E-state index in [2.05, 4.69) is 20.8 Å². The summed E-state index contributed by atoms with van der Waals surface area (Å²) in [5, 5.41) is 25.0. The average molecular weight is 694 g/mol. The van der Waals surface area contributed by atoms with Crippen LogP contribution in [-0.4, -0.2) is 54.9 Å². The lowest BCUT2D eigenvalue weighted by molar-refractivity contribution is 0.0975. The molecule has 0 aromatic heterocycles. The summed E-state index contributed by atoms with van der Waals surface area (Å²) in [6.45, 7) is 7.11. The van der Waals surface area contributed by atoms with Gasteiger partial charge in [0.15, 0.2) is 0 Å². The van der Waals surface area contributed by atoms with Gasteiger partial charge in [-0.25, -0.2) is 0 Å². The number of hydrogen-bond donors (Lipinski definition) is 6. The number of fused-ring (bicyclic) bond motifs is 6. The molecular weight excluding hydrogens is 642 g/mol. The summed E-state index contributed by atoms with van der Waals surface area (Å²) in [5.41, 5.74) is 20.7. The van der Waals surface area contributed by atoms with Crippen LogP contribution in [-0.2, 0) is 0 Å². The summed E-state index contributed by atoms with van der Waals surface area (Å²) in [5.74, 6) is -2.04. The van der Waals surface area contributed by atoms with Crippen molar-refractivity contribution in [2.45, 2.75) is 78.6 Å². The van der Waals surface area contributed by atoms with E-state index in [9.17, 15) is 14.4 Å². The number of nitrogens with one attached hydrogen (secondary N) is 3. The van der Waals surface area contributed by atoms with Crippen molar-refractivity contribution in [3.05, 3.63) is 88.0 Å². The van der Waals surface area contributed by atoms with Crippen LogP contribution in [0.1, 0.15) is 126 Å². The molecule has 0 aliphatic carbocycles. The van der Waals surface area contributed by atoms with Crippen LogP contribution in [0.25, 0.3) is 0 Å². The number of amides is 3. The molecule has 1 aliphatic rings. The predicted octanol–water partition coefficient (Wildman–Crippen LogP) is 6.36. The van der Waals surface area contributed by atoms with Crippen LogP contribution in [0.5, 0.6) is 0 Å². The summed E-state index contributed by atoms with van der Waals surface area (Å²) in [4.78, 5) is 48.6. The van der Waals surface area contributed by atoms with Crippen LogP contribution in [0, 0.1) is 16.2 Å². The zero-order chi connectivity index (χ0) is 37.2. The van der Waals surface area contributed by atoms with Gasteiger partial charge in [0, 0.05) is 70.1 Å². The summed E-state index contributed by atoms with van der Waals surface area (Å²) < 4.78 is 0. The summed E-state index contributed by atoms with van der Waals surface area (Å²) in [7, 11) is 0. The van der Waals surface area contributed by atoms with E-state index in [4.69, 9.17) is 33.4 Å². The van der Waals surface area contributed by atoms with Gasteiger partial charge in [-0.1, -0.05) is 59.3 Å². The minimum atomic E-state index is -0.412. The molecule has 1 heterocycles. The summed E-state index contributed by atoms with van der Waals surface area (Å²) >= 11 is 0. The van der Waals surface area contributed by atoms with E-state index in [-0.39, 0.29) is 50.9 Å². The number of anilines is 3. The topological polar surface area (TPSA) is 211 Å². The number of nitrogens with two attached hydrogens (primary N) is 3. The molecule has 0 atom stereocenters. The Kier molecular flexibility index (Phi) is 13.1. The maximum absolute atomic E-state index is 14.6. The molecule has 0 radical (unpaired) electrons. The highest BCUT2D eigenvalue weighted by Gasteiger charge is 2.28. The van der Waals surface area contributed by atoms with Gasteiger partial charge in [0.2, 0.25) is 0 Å². The van der Waals surface area contributed by atoms with Gasteiger partial charge in [0.1, 0.15) is 17.5 Å². The molecule has 3 amide bonds. The van der Waals surface area contributed by atoms with Gasteiger partial charge in [0.05, 0.1) is 0 Å². The Morgan fingerprint density at radius 2 is 0.706 bits per heavy atom. The number of hydrogen-bond acceptors (Lipinski definition) is 6. The Balaban J connectivity index is 2.12. The second-order valence-corrected chi connectivity index (χ2v) is 13.0. The fourth-order valence-corrected chi connectivity index (χ4v) is 6.21. The zero-order valence-electron chi connectivity index (χ0n) is 30.0. The Morgan fingerprint density at radius 1 is 0.451 bits per heavy atom. The fourth-order valence-electron chi connectivity index (χ4n) is 6.21. The van der Waals surface area contributed by atoms with E-state index in [0.29, 0.717) is 56.0 Å². The molecule has 0 fully saturated rings. The van der Waals surface area contributed by atoms with E-state index in [1.807, 2.05) is 0 Å². The van der Waals surface area contributed by atoms with Crippen LogP contribution in [0.4, 0.5) is 17.1 Å². The molecule has 9 N–H and O–H groups in total. The summed E-state index contributed by atoms with van der Waals surface area (Å²) in [6, 6.07) is 14.4. The minimum Gasteiger partial charge on any atom is -0.384 e. The summed E-state index contributed by atoms with van der Waals surface area (Å²) in [6.07, 6.45) is 7.26. The molecule has 12 heteroatoms. The van der Waals surface area contributed by atoms with Gasteiger partial charge in [0.25, 0.3) is 17.7 Å². The van der Waals surface area contributed by atoms with Crippen molar-refractivity contribution in [1.82, 2.24) is 0 Å². The Labute approximate surface area is 300 Å². The van der Waals surface area contributed by atoms with E-state index >= 15 is 0 Å². The number of rotatable bonds is 15. The zero-order valence-corrected chi connectivity index (χ0v) is 30.0. The average Bonchev–Trinajstić information content (AvgIpc) is 3.12. The number of nitrogens with zero attached hydrogens (tertiary/aromatic N) is 3. The molecule has 0 unspecified atom stereocenters. The molecule has 3 aromatic carbocycles. The molecule has 1 aliphatic heterocycles. The highest BCUT2D eigenvalue weighted by atomic mass is 16.2. The molecule has 0 spiro atoms. The van der Waals surface area contributed by atoms with Gasteiger partial charge in [-0.05, 0) is 73.9 Å². The van der Waals surface area contributed by atoms with E-state index in [1.165, 1.54) is 0 Å². The van der Waals surface area contributed by atoms with Gasteiger partial charge in [-0.2, -0.15) is 0 Å². The molecule has 51 heavy (non-hydrogen) atoms. The molecule has 4 rings (SSSR count). The fraction of sp³-hybridized carbons (Fsp3) is 0.385. The van der Waals surface area contributed by atoms with Crippen molar-refractivity contribution in [1.29, 1.82) is 16.2 Å². The van der Waals surface area contributed by atoms with Gasteiger partial charge >= 0.3 is 0 Å². The second kappa shape index (κ2) is 17.4. The Bertz CT molecular complexity index is 1610. The standard InChI is InChI=1S/C39H51N9O3/c1-4-7-10-13-46-31-19-25(34(40)41)17-29(22-31)38(50)48(15-12-9-6-3)33-21-27(36(44)45)18-30(24-33)39(51)47(14-11-8-5-2)32-20-26(35(42)43)16-28(23-32)37(46)49/h16-24H,4-15H2,1-3H3,(H3,40,41)(H3,42,43)(H3,44,45). The van der Waals surface area contributed by atoms with E-state index in [1.54, 1.807) is 69.3 Å². The number of benzene rings is 3. The number of carbonyl (C=O) groups is 3. The Morgan fingerprint density at radius 3 is 0.922 bits per heavy atom. The third kappa shape index (κ3) is 9.19. The van der Waals surface area contributed by atoms with E-state index in [0.717, 1.165) is 38.5 Å². The lowest BCUT2D eigenvalue weighted by Crippen LogP contribution is -2.35. The van der Waals surface area contributed by atoms with Gasteiger partial charge in [-0.3, -0.25) is 30.6 Å². The lowest BCUT2D eigenvalue weighted by atomic mass is 10.0. The lowest BCUT2D eigenvalue weighted by Gasteiger charge is -2.27. The first-order chi connectivity index (χ1) is 24.4. The number of carbonyl (C=O) groups excluding carboxylic acids is 3. The molecule has 12 nitrogen and oxygen atoms in total. The third-order valence-corrected chi connectivity index (χ3v) is 9.05. The molecule has 6 bridgehead atoms. The SMILES string of the molecule is CCCCCN1C(=O)c2cc(C(=N)N)cc(c2)N(CCCCC)C(=O)c2cc(C(=N)N)cc(c2)N(CCCCC)C(=O)c2cc(C(=N)N)cc1c2. The highest BCUT2D eigenvalue weighted by molar-refractivity contribution is 6.15. The number of amidine groups is 3. The first kappa shape index (κ1) is 38.3. The monoisotopic (exact) mass is 693 g/mol. The van der Waals surface area contributed by atoms with Crippen LogP contribution < -0.4 is 31.9 Å². The largest absolute Gasteiger partial charge is 0.384 e. The molecule has 0 saturated carbocycles. The van der Waals surface area contributed by atoms with Crippen molar-refractivity contribution >= 4 is 52.3 Å². The Hall–Kier alpha value is -5.52. The predicted molar refractivity (Wildman–Crippen MR) is 206 cm³/mol. The smallest absolute Gasteiger partial charge is 0.258 e. The molecule has 270 valence electrons. The third-order valence-electron chi connectivity index (χ3n) is 9.05. The van der Waals surface area contributed by atoms with Crippen molar-refractivity contribution in [2.24, 2.45) is 17.2 Å². The normalized spacial score (nSPS) is 13.2. The molecular formula is C39H51N9O3. The maximum atomic E-state index is 14.6.